The minimum Gasteiger partial charge on any atom is -0.491 e. The van der Waals surface area contributed by atoms with Crippen LogP contribution in [0.2, 0.25) is 0 Å². The molecule has 0 amide bonds. The minimum atomic E-state index is 0.226. The summed E-state index contributed by atoms with van der Waals surface area (Å²) in [6, 6.07) is 9.00. The zero-order valence-corrected chi connectivity index (χ0v) is 13.9. The highest BCUT2D eigenvalue weighted by molar-refractivity contribution is 5.36. The molecule has 118 valence electrons. The van der Waals surface area contributed by atoms with Gasteiger partial charge in [0.05, 0.1) is 6.10 Å². The second kappa shape index (κ2) is 8.43. The lowest BCUT2D eigenvalue weighted by Gasteiger charge is -2.25. The molecule has 0 bridgehead atoms. The molecule has 0 heterocycles. The average molecular weight is 289 g/mol. The van der Waals surface area contributed by atoms with Crippen LogP contribution in [-0.4, -0.2) is 12.6 Å². The van der Waals surface area contributed by atoms with Gasteiger partial charge in [-0.25, -0.2) is 0 Å². The first-order chi connectivity index (χ1) is 10.2. The molecule has 1 saturated carbocycles. The number of nitrogens with one attached hydrogen (secondary N) is 1. The summed E-state index contributed by atoms with van der Waals surface area (Å²) < 4.78 is 6.03. The fourth-order valence-corrected chi connectivity index (χ4v) is 3.35. The molecule has 2 heteroatoms. The first kappa shape index (κ1) is 16.4. The lowest BCUT2D eigenvalue weighted by Crippen LogP contribution is -2.25. The van der Waals surface area contributed by atoms with Crippen molar-refractivity contribution < 1.29 is 4.74 Å². The fourth-order valence-electron chi connectivity index (χ4n) is 3.35. The molecule has 2 rings (SSSR count). The number of ether oxygens (including phenoxy) is 1. The molecule has 0 aromatic heterocycles. The Morgan fingerprint density at radius 3 is 2.57 bits per heavy atom. The maximum absolute atomic E-state index is 6.03. The van der Waals surface area contributed by atoms with Gasteiger partial charge in [0.25, 0.3) is 0 Å². The van der Waals surface area contributed by atoms with Crippen molar-refractivity contribution in [1.82, 2.24) is 5.32 Å². The smallest absolute Gasteiger partial charge is 0.124 e. The Balaban J connectivity index is 2.13. The van der Waals surface area contributed by atoms with E-state index in [1.165, 1.54) is 44.1 Å². The molecule has 1 aromatic carbocycles. The molecular weight excluding hydrogens is 258 g/mol. The zero-order chi connectivity index (χ0) is 15.1. The van der Waals surface area contributed by atoms with Crippen LogP contribution in [0.4, 0.5) is 0 Å². The van der Waals surface area contributed by atoms with E-state index in [1.54, 1.807) is 0 Å². The quantitative estimate of drug-likeness (QED) is 0.719. The Morgan fingerprint density at radius 2 is 1.90 bits per heavy atom. The first-order valence-electron chi connectivity index (χ1n) is 8.69. The van der Waals surface area contributed by atoms with Crippen molar-refractivity contribution in [3.05, 3.63) is 29.8 Å². The van der Waals surface area contributed by atoms with Gasteiger partial charge in [-0.1, -0.05) is 50.8 Å². The molecular formula is C19H31NO. The molecule has 2 nitrogen and oxygen atoms in total. The van der Waals surface area contributed by atoms with Crippen molar-refractivity contribution in [2.45, 2.75) is 71.4 Å². The van der Waals surface area contributed by atoms with Gasteiger partial charge in [-0.2, -0.15) is 0 Å². The summed E-state index contributed by atoms with van der Waals surface area (Å²) in [4.78, 5) is 0. The molecule has 0 spiro atoms. The number of benzene rings is 1. The van der Waals surface area contributed by atoms with Crippen LogP contribution in [0, 0.1) is 5.92 Å². The molecule has 1 aliphatic carbocycles. The van der Waals surface area contributed by atoms with E-state index in [0.29, 0.717) is 6.04 Å². The predicted octanol–water partition coefficient (Wildman–Crippen LogP) is 5.09. The van der Waals surface area contributed by atoms with E-state index in [9.17, 15) is 0 Å². The third kappa shape index (κ3) is 5.03. The van der Waals surface area contributed by atoms with E-state index >= 15 is 0 Å². The number of para-hydroxylation sites is 1. The number of rotatable bonds is 8. The van der Waals surface area contributed by atoms with E-state index < -0.39 is 0 Å². The van der Waals surface area contributed by atoms with Crippen molar-refractivity contribution in [2.24, 2.45) is 5.92 Å². The summed E-state index contributed by atoms with van der Waals surface area (Å²) in [5.41, 5.74) is 1.34. The highest BCUT2D eigenvalue weighted by Gasteiger charge is 2.23. The van der Waals surface area contributed by atoms with Gasteiger partial charge in [0, 0.05) is 11.6 Å². The van der Waals surface area contributed by atoms with Crippen LogP contribution in [0.25, 0.3) is 0 Å². The minimum absolute atomic E-state index is 0.226. The summed E-state index contributed by atoms with van der Waals surface area (Å²) >= 11 is 0. The first-order valence-corrected chi connectivity index (χ1v) is 8.69. The molecule has 1 fully saturated rings. The van der Waals surface area contributed by atoms with Gasteiger partial charge in [-0.3, -0.25) is 0 Å². The van der Waals surface area contributed by atoms with Crippen molar-refractivity contribution >= 4 is 0 Å². The number of hydrogen-bond acceptors (Lipinski definition) is 2. The monoisotopic (exact) mass is 289 g/mol. The van der Waals surface area contributed by atoms with E-state index in [-0.39, 0.29) is 6.10 Å². The summed E-state index contributed by atoms with van der Waals surface area (Å²) in [6.45, 7) is 7.51. The highest BCUT2D eigenvalue weighted by atomic mass is 16.5. The van der Waals surface area contributed by atoms with E-state index in [4.69, 9.17) is 4.74 Å². The molecule has 0 aliphatic heterocycles. The molecule has 1 unspecified atom stereocenters. The Morgan fingerprint density at radius 1 is 1.19 bits per heavy atom. The Bertz CT molecular complexity index is 410. The van der Waals surface area contributed by atoms with Gasteiger partial charge in [-0.05, 0) is 45.2 Å². The molecule has 0 radical (unpaired) electrons. The maximum Gasteiger partial charge on any atom is 0.124 e. The number of hydrogen-bond donors (Lipinski definition) is 1. The lowest BCUT2D eigenvalue weighted by atomic mass is 9.93. The van der Waals surface area contributed by atoms with Crippen LogP contribution in [0.3, 0.4) is 0 Å². The molecule has 21 heavy (non-hydrogen) atoms. The largest absolute Gasteiger partial charge is 0.491 e. The second-order valence-corrected chi connectivity index (χ2v) is 6.60. The van der Waals surface area contributed by atoms with Gasteiger partial charge >= 0.3 is 0 Å². The van der Waals surface area contributed by atoms with Crippen LogP contribution in [0.5, 0.6) is 5.75 Å². The SMILES string of the molecule is CCCNC(CC1CCCC1)c1ccccc1OC(C)C. The van der Waals surface area contributed by atoms with Crippen LogP contribution < -0.4 is 10.1 Å². The van der Waals surface area contributed by atoms with Crippen molar-refractivity contribution in [1.29, 1.82) is 0 Å². The highest BCUT2D eigenvalue weighted by Crippen LogP contribution is 2.36. The Kier molecular flexibility index (Phi) is 6.56. The summed E-state index contributed by atoms with van der Waals surface area (Å²) in [7, 11) is 0. The van der Waals surface area contributed by atoms with Crippen LogP contribution in [0.1, 0.15) is 70.9 Å². The Hall–Kier alpha value is -1.02. The molecule has 1 aromatic rings. The normalized spacial score (nSPS) is 17.3. The predicted molar refractivity (Wildman–Crippen MR) is 89.8 cm³/mol. The van der Waals surface area contributed by atoms with E-state index in [1.807, 2.05) is 0 Å². The lowest BCUT2D eigenvalue weighted by molar-refractivity contribution is 0.236. The zero-order valence-electron chi connectivity index (χ0n) is 13.9. The average Bonchev–Trinajstić information content (AvgIpc) is 2.96. The van der Waals surface area contributed by atoms with Crippen molar-refractivity contribution in [2.75, 3.05) is 6.54 Å². The molecule has 0 saturated heterocycles. The van der Waals surface area contributed by atoms with Crippen molar-refractivity contribution in [3.8, 4) is 5.75 Å². The third-order valence-electron chi connectivity index (χ3n) is 4.34. The molecule has 1 atom stereocenters. The summed E-state index contributed by atoms with van der Waals surface area (Å²) in [5, 5.41) is 3.75. The van der Waals surface area contributed by atoms with E-state index in [0.717, 1.165) is 18.2 Å². The molecule has 1 N–H and O–H groups in total. The summed E-state index contributed by atoms with van der Waals surface area (Å²) in [5.74, 6) is 1.94. The third-order valence-corrected chi connectivity index (χ3v) is 4.34. The second-order valence-electron chi connectivity index (χ2n) is 6.60. The van der Waals surface area contributed by atoms with Crippen LogP contribution >= 0.6 is 0 Å². The summed E-state index contributed by atoms with van der Waals surface area (Å²) in [6.07, 6.45) is 8.27. The Labute approximate surface area is 130 Å². The fraction of sp³-hybridized carbons (Fsp3) is 0.684. The van der Waals surface area contributed by atoms with Crippen molar-refractivity contribution in [3.63, 3.8) is 0 Å². The van der Waals surface area contributed by atoms with Crippen LogP contribution in [0.15, 0.2) is 24.3 Å². The standard InChI is InChI=1S/C19H31NO/c1-4-13-20-18(14-16-9-5-6-10-16)17-11-7-8-12-19(17)21-15(2)3/h7-8,11-12,15-16,18,20H,4-6,9-10,13-14H2,1-3H3. The van der Waals surface area contributed by atoms with Gasteiger partial charge in [-0.15, -0.1) is 0 Å². The van der Waals surface area contributed by atoms with Gasteiger partial charge in [0.1, 0.15) is 5.75 Å². The topological polar surface area (TPSA) is 21.3 Å². The van der Waals surface area contributed by atoms with Gasteiger partial charge in [0.2, 0.25) is 0 Å². The van der Waals surface area contributed by atoms with E-state index in [2.05, 4.69) is 50.4 Å². The van der Waals surface area contributed by atoms with Gasteiger partial charge < -0.3 is 10.1 Å². The van der Waals surface area contributed by atoms with Crippen LogP contribution in [-0.2, 0) is 0 Å². The molecule has 1 aliphatic rings. The maximum atomic E-state index is 6.03. The van der Waals surface area contributed by atoms with Gasteiger partial charge in [0.15, 0.2) is 0 Å².